The second-order valence-corrected chi connectivity index (χ2v) is 8.13. The molecule has 1 aromatic rings. The summed E-state index contributed by atoms with van der Waals surface area (Å²) < 4.78 is 0. The first kappa shape index (κ1) is 15.1. The Morgan fingerprint density at radius 1 is 1.29 bits per heavy atom. The smallest absolute Gasteiger partial charge is 0.00139 e. The molecule has 21 heavy (non-hydrogen) atoms. The van der Waals surface area contributed by atoms with E-state index in [4.69, 9.17) is 0 Å². The van der Waals surface area contributed by atoms with Crippen LogP contribution in [0, 0.1) is 30.1 Å². The zero-order valence-electron chi connectivity index (χ0n) is 14.0. The first-order chi connectivity index (χ1) is 10.1. The van der Waals surface area contributed by atoms with Crippen LogP contribution in [0.15, 0.2) is 24.3 Å². The summed E-state index contributed by atoms with van der Waals surface area (Å²) in [7, 11) is 0. The van der Waals surface area contributed by atoms with Crippen LogP contribution in [0.4, 0.5) is 0 Å². The van der Waals surface area contributed by atoms with E-state index in [2.05, 4.69) is 50.4 Å². The third-order valence-corrected chi connectivity index (χ3v) is 5.77. The van der Waals surface area contributed by atoms with Gasteiger partial charge < -0.3 is 5.32 Å². The number of hydrogen-bond acceptors (Lipinski definition) is 1. The largest absolute Gasteiger partial charge is 0.316 e. The summed E-state index contributed by atoms with van der Waals surface area (Å²) in [5, 5.41) is 3.79. The fourth-order valence-corrected chi connectivity index (χ4v) is 4.89. The minimum absolute atomic E-state index is 0.533. The van der Waals surface area contributed by atoms with Crippen molar-refractivity contribution in [2.24, 2.45) is 23.2 Å². The van der Waals surface area contributed by atoms with Gasteiger partial charge in [0, 0.05) is 6.54 Å². The minimum atomic E-state index is 0.533. The number of rotatable bonds is 6. The summed E-state index contributed by atoms with van der Waals surface area (Å²) in [6.45, 7) is 9.21. The van der Waals surface area contributed by atoms with Crippen LogP contribution in [0.25, 0.3) is 0 Å². The highest BCUT2D eigenvalue weighted by atomic mass is 14.9. The van der Waals surface area contributed by atoms with Gasteiger partial charge >= 0.3 is 0 Å². The summed E-state index contributed by atoms with van der Waals surface area (Å²) in [4.78, 5) is 0. The van der Waals surface area contributed by atoms with Gasteiger partial charge in [-0.25, -0.2) is 0 Å². The molecule has 0 heterocycles. The third kappa shape index (κ3) is 3.34. The van der Waals surface area contributed by atoms with Crippen LogP contribution in [-0.4, -0.2) is 13.1 Å². The van der Waals surface area contributed by atoms with E-state index in [1.807, 2.05) is 0 Å². The van der Waals surface area contributed by atoms with Crippen LogP contribution < -0.4 is 5.32 Å². The molecule has 0 saturated heterocycles. The van der Waals surface area contributed by atoms with E-state index in [0.717, 1.165) is 24.3 Å². The lowest BCUT2D eigenvalue weighted by molar-refractivity contribution is 0.155. The van der Waals surface area contributed by atoms with E-state index in [9.17, 15) is 0 Å². The summed E-state index contributed by atoms with van der Waals surface area (Å²) in [6.07, 6.45) is 7.19. The summed E-state index contributed by atoms with van der Waals surface area (Å²) >= 11 is 0. The fourth-order valence-electron chi connectivity index (χ4n) is 4.89. The molecule has 2 bridgehead atoms. The van der Waals surface area contributed by atoms with Gasteiger partial charge in [0.1, 0.15) is 0 Å². The van der Waals surface area contributed by atoms with E-state index >= 15 is 0 Å². The third-order valence-electron chi connectivity index (χ3n) is 5.77. The lowest BCUT2D eigenvalue weighted by atomic mass is 9.69. The first-order valence-electron chi connectivity index (χ1n) is 8.84. The van der Waals surface area contributed by atoms with Crippen LogP contribution in [0.5, 0.6) is 0 Å². The molecule has 0 aromatic heterocycles. The number of fused-ring (bicyclic) bond motifs is 2. The molecule has 2 aliphatic rings. The van der Waals surface area contributed by atoms with Crippen molar-refractivity contribution in [3.8, 4) is 0 Å². The molecule has 0 amide bonds. The Hall–Kier alpha value is -0.820. The summed E-state index contributed by atoms with van der Waals surface area (Å²) in [5.74, 6) is 2.72. The van der Waals surface area contributed by atoms with E-state index in [1.54, 1.807) is 5.56 Å². The van der Waals surface area contributed by atoms with Crippen molar-refractivity contribution in [2.75, 3.05) is 13.1 Å². The van der Waals surface area contributed by atoms with Gasteiger partial charge in [0.25, 0.3) is 0 Å². The molecule has 0 radical (unpaired) electrons. The molecule has 1 heteroatoms. The SMILES string of the molecule is Cc1cccc(CC2(CNCC(C)C)CC3CCC2C3)c1. The van der Waals surface area contributed by atoms with E-state index in [0.29, 0.717) is 5.41 Å². The Bertz CT molecular complexity index is 478. The molecule has 3 atom stereocenters. The number of hydrogen-bond donors (Lipinski definition) is 1. The molecule has 0 aliphatic heterocycles. The van der Waals surface area contributed by atoms with Crippen molar-refractivity contribution in [1.82, 2.24) is 5.32 Å². The summed E-state index contributed by atoms with van der Waals surface area (Å²) in [5.41, 5.74) is 3.49. The minimum Gasteiger partial charge on any atom is -0.316 e. The molecule has 2 saturated carbocycles. The predicted molar refractivity (Wildman–Crippen MR) is 90.5 cm³/mol. The molecule has 2 fully saturated rings. The predicted octanol–water partition coefficient (Wildman–Crippen LogP) is 4.59. The first-order valence-corrected chi connectivity index (χ1v) is 8.84. The van der Waals surface area contributed by atoms with Gasteiger partial charge in [-0.3, -0.25) is 0 Å². The number of aryl methyl sites for hydroxylation is 1. The lowest BCUT2D eigenvalue weighted by Gasteiger charge is -2.39. The highest BCUT2D eigenvalue weighted by Crippen LogP contribution is 2.57. The molecular formula is C20H31N. The molecule has 2 aliphatic carbocycles. The molecule has 3 unspecified atom stereocenters. The van der Waals surface area contributed by atoms with Crippen LogP contribution in [0.3, 0.4) is 0 Å². The Balaban J connectivity index is 1.73. The Labute approximate surface area is 130 Å². The fraction of sp³-hybridized carbons (Fsp3) is 0.700. The van der Waals surface area contributed by atoms with Gasteiger partial charge in [0.05, 0.1) is 0 Å². The summed E-state index contributed by atoms with van der Waals surface area (Å²) in [6, 6.07) is 9.18. The number of nitrogens with one attached hydrogen (secondary N) is 1. The van der Waals surface area contributed by atoms with E-state index in [1.165, 1.54) is 44.2 Å². The highest BCUT2D eigenvalue weighted by molar-refractivity contribution is 5.24. The topological polar surface area (TPSA) is 12.0 Å². The van der Waals surface area contributed by atoms with E-state index < -0.39 is 0 Å². The van der Waals surface area contributed by atoms with Crippen molar-refractivity contribution in [3.05, 3.63) is 35.4 Å². The Morgan fingerprint density at radius 3 is 2.76 bits per heavy atom. The van der Waals surface area contributed by atoms with Gasteiger partial charge in [-0.15, -0.1) is 0 Å². The lowest BCUT2D eigenvalue weighted by Crippen LogP contribution is -2.41. The van der Waals surface area contributed by atoms with Crippen molar-refractivity contribution in [1.29, 1.82) is 0 Å². The van der Waals surface area contributed by atoms with Gasteiger partial charge in [-0.2, -0.15) is 0 Å². The molecule has 0 spiro atoms. The van der Waals surface area contributed by atoms with Crippen molar-refractivity contribution in [3.63, 3.8) is 0 Å². The molecule has 3 rings (SSSR count). The normalized spacial score (nSPS) is 31.2. The van der Waals surface area contributed by atoms with Crippen molar-refractivity contribution < 1.29 is 0 Å². The second kappa shape index (κ2) is 6.12. The molecule has 116 valence electrons. The Kier molecular flexibility index (Phi) is 4.40. The molecular weight excluding hydrogens is 254 g/mol. The standard InChI is InChI=1S/C20H31N/c1-15(2)13-21-14-20(12-18-7-8-19(20)10-18)11-17-6-4-5-16(3)9-17/h4-6,9,15,18-19,21H,7-8,10-14H2,1-3H3. The zero-order valence-corrected chi connectivity index (χ0v) is 14.0. The molecule has 1 N–H and O–H groups in total. The highest BCUT2D eigenvalue weighted by Gasteiger charge is 2.50. The monoisotopic (exact) mass is 285 g/mol. The maximum absolute atomic E-state index is 3.79. The second-order valence-electron chi connectivity index (χ2n) is 8.13. The van der Waals surface area contributed by atoms with Crippen molar-refractivity contribution >= 4 is 0 Å². The van der Waals surface area contributed by atoms with E-state index in [-0.39, 0.29) is 0 Å². The van der Waals surface area contributed by atoms with Crippen molar-refractivity contribution in [2.45, 2.75) is 52.9 Å². The average Bonchev–Trinajstić information content (AvgIpc) is 2.99. The van der Waals surface area contributed by atoms with Crippen LogP contribution in [0.1, 0.15) is 50.7 Å². The number of benzene rings is 1. The van der Waals surface area contributed by atoms with Gasteiger partial charge in [0.2, 0.25) is 0 Å². The zero-order chi connectivity index (χ0) is 14.9. The maximum atomic E-state index is 3.79. The molecule has 1 aromatic carbocycles. The quantitative estimate of drug-likeness (QED) is 0.806. The van der Waals surface area contributed by atoms with Crippen LogP contribution in [0.2, 0.25) is 0 Å². The maximum Gasteiger partial charge on any atom is 0.00139 e. The van der Waals surface area contributed by atoms with Gasteiger partial charge in [0.15, 0.2) is 0 Å². The average molecular weight is 285 g/mol. The Morgan fingerprint density at radius 2 is 2.14 bits per heavy atom. The van der Waals surface area contributed by atoms with Crippen LogP contribution >= 0.6 is 0 Å². The van der Waals surface area contributed by atoms with Crippen LogP contribution in [-0.2, 0) is 6.42 Å². The van der Waals surface area contributed by atoms with Gasteiger partial charge in [-0.05, 0) is 67.9 Å². The van der Waals surface area contributed by atoms with Gasteiger partial charge in [-0.1, -0.05) is 50.1 Å². The molecule has 1 nitrogen and oxygen atoms in total.